The van der Waals surface area contributed by atoms with Gasteiger partial charge in [0.15, 0.2) is 6.04 Å². The number of methoxy groups -OCH3 is 2. The monoisotopic (exact) mass is 384 g/mol. The topological polar surface area (TPSA) is 69.7 Å². The molecule has 0 aliphatic heterocycles. The number of rotatable bonds is 8. The number of hydrogen-bond donors (Lipinski definition) is 2. The van der Waals surface area contributed by atoms with Gasteiger partial charge in [0.1, 0.15) is 30.2 Å². The van der Waals surface area contributed by atoms with Crippen molar-refractivity contribution < 1.29 is 24.1 Å². The average molecular weight is 384 g/mol. The normalized spacial score (nSPS) is 12.3. The Morgan fingerprint density at radius 3 is 2.32 bits per heavy atom. The van der Waals surface area contributed by atoms with Gasteiger partial charge in [-0.3, -0.25) is 0 Å². The van der Waals surface area contributed by atoms with Crippen molar-refractivity contribution in [3.05, 3.63) is 70.1 Å². The minimum absolute atomic E-state index is 0.331. The molecule has 1 aromatic heterocycles. The predicted octanol–water partition coefficient (Wildman–Crippen LogP) is 0.759. The summed E-state index contributed by atoms with van der Waals surface area (Å²) in [5.74, 6) is 1.53. The van der Waals surface area contributed by atoms with E-state index >= 15 is 0 Å². The van der Waals surface area contributed by atoms with Gasteiger partial charge in [0.25, 0.3) is 0 Å². The Labute approximate surface area is 164 Å². The van der Waals surface area contributed by atoms with Crippen molar-refractivity contribution in [2.45, 2.75) is 12.6 Å². The lowest BCUT2D eigenvalue weighted by atomic mass is 10.1. The Kier molecular flexibility index (Phi) is 6.34. The fraction of sp³-hybridized carbons (Fsp3) is 0.318. The van der Waals surface area contributed by atoms with Crippen LogP contribution in [0.5, 0.6) is 11.5 Å². The molecule has 1 atom stereocenters. The molecule has 0 saturated heterocycles. The van der Waals surface area contributed by atoms with Crippen LogP contribution in [0.4, 0.5) is 0 Å². The number of benzene rings is 2. The van der Waals surface area contributed by atoms with E-state index in [0.717, 1.165) is 23.2 Å². The Balaban J connectivity index is 1.76. The summed E-state index contributed by atoms with van der Waals surface area (Å²) >= 11 is 0. The SMILES string of the molecule is COc1ccc([C@@H](C[NH2+]Cc2cc(=O)oc3cc(OC)ccc23)[NH+](C)C)cc1. The second-order valence-corrected chi connectivity index (χ2v) is 7.08. The summed E-state index contributed by atoms with van der Waals surface area (Å²) in [6, 6.07) is 15.7. The fourth-order valence-corrected chi connectivity index (χ4v) is 3.45. The molecule has 0 saturated carbocycles. The van der Waals surface area contributed by atoms with E-state index in [9.17, 15) is 4.79 Å². The van der Waals surface area contributed by atoms with Crippen LogP contribution in [0.3, 0.4) is 0 Å². The van der Waals surface area contributed by atoms with Gasteiger partial charge in [0.2, 0.25) is 0 Å². The number of nitrogens with two attached hydrogens (primary N) is 1. The van der Waals surface area contributed by atoms with Crippen LogP contribution in [0, 0.1) is 0 Å². The molecule has 0 aliphatic rings. The number of ether oxygens (including phenoxy) is 2. The van der Waals surface area contributed by atoms with Gasteiger partial charge in [-0.25, -0.2) is 4.79 Å². The van der Waals surface area contributed by atoms with Gasteiger partial charge in [-0.2, -0.15) is 0 Å². The third-order valence-corrected chi connectivity index (χ3v) is 5.02. The number of likely N-dealkylation sites (N-methyl/N-ethyl adjacent to an activating group) is 1. The van der Waals surface area contributed by atoms with E-state index < -0.39 is 0 Å². The number of hydrogen-bond acceptors (Lipinski definition) is 4. The van der Waals surface area contributed by atoms with Crippen molar-refractivity contribution in [1.29, 1.82) is 0 Å². The third kappa shape index (κ3) is 4.52. The first-order chi connectivity index (χ1) is 13.5. The second-order valence-electron chi connectivity index (χ2n) is 7.08. The van der Waals surface area contributed by atoms with Gasteiger partial charge in [0, 0.05) is 28.6 Å². The van der Waals surface area contributed by atoms with E-state index in [1.165, 1.54) is 10.5 Å². The first-order valence-electron chi connectivity index (χ1n) is 9.38. The molecule has 0 fully saturated rings. The highest BCUT2D eigenvalue weighted by Gasteiger charge is 2.20. The molecule has 0 amide bonds. The molecule has 3 aromatic rings. The van der Waals surface area contributed by atoms with Crippen LogP contribution in [0.25, 0.3) is 11.0 Å². The summed E-state index contributed by atoms with van der Waals surface area (Å²) in [5, 5.41) is 3.18. The van der Waals surface area contributed by atoms with Gasteiger partial charge < -0.3 is 24.1 Å². The second kappa shape index (κ2) is 8.91. The zero-order valence-corrected chi connectivity index (χ0v) is 16.8. The molecule has 0 aliphatic carbocycles. The molecule has 148 valence electrons. The number of fused-ring (bicyclic) bond motifs is 1. The molecule has 6 nitrogen and oxygen atoms in total. The Hall–Kier alpha value is -2.83. The fourth-order valence-electron chi connectivity index (χ4n) is 3.45. The van der Waals surface area contributed by atoms with Gasteiger partial charge in [0.05, 0.1) is 28.3 Å². The summed E-state index contributed by atoms with van der Waals surface area (Å²) in [7, 11) is 7.58. The maximum atomic E-state index is 12.0. The predicted molar refractivity (Wildman–Crippen MR) is 108 cm³/mol. The highest BCUT2D eigenvalue weighted by atomic mass is 16.5. The van der Waals surface area contributed by atoms with E-state index in [-0.39, 0.29) is 5.63 Å². The summed E-state index contributed by atoms with van der Waals surface area (Å²) in [6.07, 6.45) is 0. The van der Waals surface area contributed by atoms with Crippen LogP contribution >= 0.6 is 0 Å². The molecule has 6 heteroatoms. The Bertz CT molecular complexity index is 980. The van der Waals surface area contributed by atoms with Crippen LogP contribution in [0.15, 0.2) is 57.7 Å². The standard InChI is InChI=1S/C22H26N2O4/c1-24(2)20(15-5-7-17(26-3)8-6-15)14-23-13-16-11-22(25)28-21-12-18(27-4)9-10-19(16)21/h5-12,20,23H,13-14H2,1-4H3/p+2/t20-/m1/s1. The molecule has 0 radical (unpaired) electrons. The average Bonchev–Trinajstić information content (AvgIpc) is 2.70. The largest absolute Gasteiger partial charge is 0.497 e. The lowest BCUT2D eigenvalue weighted by Gasteiger charge is -2.20. The lowest BCUT2D eigenvalue weighted by Crippen LogP contribution is -3.09. The van der Waals surface area contributed by atoms with Crippen molar-refractivity contribution in [1.82, 2.24) is 0 Å². The summed E-state index contributed by atoms with van der Waals surface area (Å²) in [6.45, 7) is 1.60. The van der Waals surface area contributed by atoms with E-state index in [4.69, 9.17) is 13.9 Å². The smallest absolute Gasteiger partial charge is 0.336 e. The summed E-state index contributed by atoms with van der Waals surface area (Å²) in [4.78, 5) is 13.3. The maximum absolute atomic E-state index is 12.0. The lowest BCUT2D eigenvalue weighted by molar-refractivity contribution is -0.910. The highest BCUT2D eigenvalue weighted by molar-refractivity contribution is 5.81. The zero-order chi connectivity index (χ0) is 20.1. The van der Waals surface area contributed by atoms with Gasteiger partial charge in [-0.1, -0.05) is 0 Å². The van der Waals surface area contributed by atoms with Crippen molar-refractivity contribution >= 4 is 11.0 Å². The number of nitrogens with one attached hydrogen (secondary N) is 1. The Morgan fingerprint density at radius 1 is 1.00 bits per heavy atom. The van der Waals surface area contributed by atoms with Crippen LogP contribution < -0.4 is 25.3 Å². The van der Waals surface area contributed by atoms with Crippen LogP contribution in [-0.4, -0.2) is 34.9 Å². The summed E-state index contributed by atoms with van der Waals surface area (Å²) < 4.78 is 15.8. The van der Waals surface area contributed by atoms with Gasteiger partial charge in [-0.05, 0) is 36.4 Å². The molecule has 3 N–H and O–H groups in total. The molecule has 0 bridgehead atoms. The van der Waals surface area contributed by atoms with E-state index in [1.807, 2.05) is 24.3 Å². The molecule has 0 unspecified atom stereocenters. The van der Waals surface area contributed by atoms with Crippen LogP contribution in [-0.2, 0) is 6.54 Å². The molecule has 3 rings (SSSR count). The minimum Gasteiger partial charge on any atom is -0.497 e. The first kappa shape index (κ1) is 19.9. The molecule has 0 spiro atoms. The third-order valence-electron chi connectivity index (χ3n) is 5.02. The molecule has 1 heterocycles. The Morgan fingerprint density at radius 2 is 1.68 bits per heavy atom. The molecular weight excluding hydrogens is 356 g/mol. The maximum Gasteiger partial charge on any atom is 0.336 e. The van der Waals surface area contributed by atoms with Crippen molar-refractivity contribution in [3.63, 3.8) is 0 Å². The van der Waals surface area contributed by atoms with Crippen molar-refractivity contribution in [2.75, 3.05) is 34.9 Å². The van der Waals surface area contributed by atoms with Crippen LogP contribution in [0.1, 0.15) is 17.2 Å². The summed E-state index contributed by atoms with van der Waals surface area (Å²) in [5.41, 5.74) is 2.45. The van der Waals surface area contributed by atoms with Crippen molar-refractivity contribution in [3.8, 4) is 11.5 Å². The molecule has 28 heavy (non-hydrogen) atoms. The highest BCUT2D eigenvalue weighted by Crippen LogP contribution is 2.22. The first-order valence-corrected chi connectivity index (χ1v) is 9.38. The molecular formula is C22H28N2O4+2. The van der Waals surface area contributed by atoms with Crippen LogP contribution in [0.2, 0.25) is 0 Å². The zero-order valence-electron chi connectivity index (χ0n) is 16.8. The van der Waals surface area contributed by atoms with E-state index in [0.29, 0.717) is 23.9 Å². The van der Waals surface area contributed by atoms with E-state index in [2.05, 4.69) is 31.5 Å². The quantitative estimate of drug-likeness (QED) is 0.563. The van der Waals surface area contributed by atoms with Gasteiger partial charge >= 0.3 is 5.63 Å². The number of quaternary nitrogens is 2. The van der Waals surface area contributed by atoms with Crippen molar-refractivity contribution in [2.24, 2.45) is 0 Å². The van der Waals surface area contributed by atoms with E-state index in [1.54, 1.807) is 26.4 Å². The van der Waals surface area contributed by atoms with Gasteiger partial charge in [-0.15, -0.1) is 0 Å². The minimum atomic E-state index is -0.339. The molecule has 2 aromatic carbocycles.